The predicted molar refractivity (Wildman–Crippen MR) is 156 cm³/mol. The molecular formula is C32H37NO13. The first-order valence-corrected chi connectivity index (χ1v) is 15.0. The number of ether oxygens (including phenoxy) is 5. The molecule has 2 aromatic rings. The Morgan fingerprint density at radius 3 is 2.52 bits per heavy atom. The van der Waals surface area contributed by atoms with Crippen LogP contribution in [0.25, 0.3) is 0 Å². The van der Waals surface area contributed by atoms with Crippen LogP contribution < -0.4 is 4.74 Å². The number of aliphatic hydroxyl groups is 3. The summed E-state index contributed by atoms with van der Waals surface area (Å²) in [6.45, 7) is 1.88. The van der Waals surface area contributed by atoms with Gasteiger partial charge in [0.05, 0.1) is 48.7 Å². The highest BCUT2D eigenvalue weighted by Gasteiger charge is 2.50. The van der Waals surface area contributed by atoms with Crippen molar-refractivity contribution in [2.24, 2.45) is 0 Å². The monoisotopic (exact) mass is 643 g/mol. The molecule has 46 heavy (non-hydrogen) atoms. The Morgan fingerprint density at radius 1 is 1.09 bits per heavy atom. The molecule has 7 atom stereocenters. The van der Waals surface area contributed by atoms with Crippen molar-refractivity contribution in [3.8, 4) is 17.2 Å². The van der Waals surface area contributed by atoms with Gasteiger partial charge in [0.2, 0.25) is 5.78 Å². The number of hydrogen-bond donors (Lipinski definition) is 5. The zero-order valence-corrected chi connectivity index (χ0v) is 25.6. The maximum absolute atomic E-state index is 13.9. The second-order valence-electron chi connectivity index (χ2n) is 12.1. The average molecular weight is 644 g/mol. The van der Waals surface area contributed by atoms with Gasteiger partial charge in [-0.15, -0.1) is 0 Å². The van der Waals surface area contributed by atoms with E-state index in [1.807, 2.05) is 4.90 Å². The van der Waals surface area contributed by atoms with Crippen LogP contribution in [-0.2, 0) is 30.2 Å². The van der Waals surface area contributed by atoms with Crippen LogP contribution >= 0.6 is 0 Å². The Hall–Kier alpha value is -3.47. The molecule has 2 aliphatic carbocycles. The minimum absolute atomic E-state index is 0.0511. The molecule has 5 N–H and O–H groups in total. The third kappa shape index (κ3) is 5.18. The van der Waals surface area contributed by atoms with Crippen molar-refractivity contribution >= 4 is 17.3 Å². The van der Waals surface area contributed by atoms with Crippen LogP contribution in [-0.4, -0.2) is 125 Å². The lowest BCUT2D eigenvalue weighted by atomic mass is 9.72. The van der Waals surface area contributed by atoms with E-state index in [4.69, 9.17) is 23.7 Å². The van der Waals surface area contributed by atoms with Crippen molar-refractivity contribution in [1.82, 2.24) is 4.90 Å². The molecule has 2 heterocycles. The molecule has 0 radical (unpaired) electrons. The molecule has 6 rings (SSSR count). The molecule has 2 saturated heterocycles. The van der Waals surface area contributed by atoms with Crippen LogP contribution in [0.5, 0.6) is 17.2 Å². The summed E-state index contributed by atoms with van der Waals surface area (Å²) >= 11 is 0. The second kappa shape index (κ2) is 12.3. The number of morpholine rings is 1. The molecule has 4 aliphatic rings. The van der Waals surface area contributed by atoms with E-state index in [1.165, 1.54) is 32.4 Å². The number of aliphatic hydroxyl groups excluding tert-OH is 2. The number of ketones is 3. The maximum Gasteiger partial charge on any atom is 0.202 e. The Bertz CT molecular complexity index is 1580. The quantitative estimate of drug-likeness (QED) is 0.221. The highest BCUT2D eigenvalue weighted by atomic mass is 16.7. The molecule has 0 spiro atoms. The van der Waals surface area contributed by atoms with Crippen molar-refractivity contribution in [2.45, 2.75) is 68.7 Å². The molecule has 14 nitrogen and oxygen atoms in total. The van der Waals surface area contributed by atoms with Gasteiger partial charge in [-0.25, -0.2) is 0 Å². The van der Waals surface area contributed by atoms with Crippen molar-refractivity contribution in [3.05, 3.63) is 51.6 Å². The molecule has 0 unspecified atom stereocenters. The van der Waals surface area contributed by atoms with E-state index in [1.54, 1.807) is 6.92 Å². The minimum Gasteiger partial charge on any atom is -0.507 e. The SMILES string of the molecule is COc1cccc2c1C(=O)c1c(O)c3c(c(O)c1C2=O)C[C@](O)(C(=O)CO)C[C@H]3O[C@@H]1C[C@@H](N2CCO[C@@H](OC)C2)[C@@H](O)[C@@H](C)O1. The number of carbonyl (C=O) groups excluding carboxylic acids is 3. The summed E-state index contributed by atoms with van der Waals surface area (Å²) in [5.41, 5.74) is -3.62. The highest BCUT2D eigenvalue weighted by molar-refractivity contribution is 6.31. The number of benzene rings is 2. The summed E-state index contributed by atoms with van der Waals surface area (Å²) in [7, 11) is 2.85. The number of hydrogen-bond acceptors (Lipinski definition) is 14. The van der Waals surface area contributed by atoms with Gasteiger partial charge in [-0.1, -0.05) is 12.1 Å². The standard InChI is InChI=1S/C32H37NO13/c1-14-27(36)17(33-7-8-44-22(12-33)43-3)9-21(45-14)46-19-11-32(41,20(35)13-34)10-16-24(19)31(40)26-25(29(16)38)28(37)15-5-4-6-18(42-2)23(15)30(26)39/h4-6,14,17,19,21-22,27,34,36,38,40-41H,7-13H2,1-3H3/t14-,17-,19-,21-,22-,27+,32-/m1/s1. The van der Waals surface area contributed by atoms with Gasteiger partial charge < -0.3 is 49.2 Å². The third-order valence-corrected chi connectivity index (χ3v) is 9.53. The summed E-state index contributed by atoms with van der Waals surface area (Å²) in [6.07, 6.45) is -5.46. The lowest BCUT2D eigenvalue weighted by molar-refractivity contribution is -0.266. The molecule has 2 aliphatic heterocycles. The van der Waals surface area contributed by atoms with Crippen LogP contribution in [0.15, 0.2) is 18.2 Å². The number of methoxy groups -OCH3 is 2. The maximum atomic E-state index is 13.9. The smallest absolute Gasteiger partial charge is 0.202 e. The number of rotatable bonds is 7. The van der Waals surface area contributed by atoms with Gasteiger partial charge in [-0.05, 0) is 13.0 Å². The lowest BCUT2D eigenvalue weighted by Gasteiger charge is -2.47. The van der Waals surface area contributed by atoms with E-state index < -0.39 is 102 Å². The van der Waals surface area contributed by atoms with Gasteiger partial charge in [-0.2, -0.15) is 0 Å². The van der Waals surface area contributed by atoms with Gasteiger partial charge in [0.1, 0.15) is 29.5 Å². The highest BCUT2D eigenvalue weighted by Crippen LogP contribution is 2.52. The normalized spacial score (nSPS) is 31.2. The van der Waals surface area contributed by atoms with Crippen molar-refractivity contribution < 1.29 is 63.6 Å². The number of fused-ring (bicyclic) bond motifs is 3. The number of Topliss-reactive ketones (excluding diaryl/α,β-unsaturated/α-hetero) is 1. The van der Waals surface area contributed by atoms with E-state index in [-0.39, 0.29) is 34.4 Å². The number of phenols is 2. The fraction of sp³-hybridized carbons (Fsp3) is 0.531. The van der Waals surface area contributed by atoms with Crippen molar-refractivity contribution in [2.75, 3.05) is 40.5 Å². The summed E-state index contributed by atoms with van der Waals surface area (Å²) < 4.78 is 28.6. The molecule has 0 bridgehead atoms. The Kier molecular flexibility index (Phi) is 8.67. The number of phenolic OH excluding ortho intramolecular Hbond substituents is 2. The van der Waals surface area contributed by atoms with Crippen LogP contribution in [0.2, 0.25) is 0 Å². The number of nitrogens with zero attached hydrogens (tertiary/aromatic N) is 1. The molecule has 0 amide bonds. The minimum atomic E-state index is -2.26. The van der Waals surface area contributed by atoms with Gasteiger partial charge >= 0.3 is 0 Å². The van der Waals surface area contributed by atoms with Crippen LogP contribution in [0.3, 0.4) is 0 Å². The molecule has 248 valence electrons. The van der Waals surface area contributed by atoms with Crippen LogP contribution in [0.1, 0.15) is 68.8 Å². The largest absolute Gasteiger partial charge is 0.507 e. The first-order chi connectivity index (χ1) is 21.9. The first kappa shape index (κ1) is 32.5. The molecule has 2 fully saturated rings. The number of aromatic hydroxyl groups is 2. The van der Waals surface area contributed by atoms with Gasteiger partial charge in [0, 0.05) is 62.2 Å². The Morgan fingerprint density at radius 2 is 1.83 bits per heavy atom. The second-order valence-corrected chi connectivity index (χ2v) is 12.1. The first-order valence-electron chi connectivity index (χ1n) is 15.0. The van der Waals surface area contributed by atoms with Crippen LogP contribution in [0, 0.1) is 0 Å². The van der Waals surface area contributed by atoms with E-state index in [2.05, 4.69) is 0 Å². The predicted octanol–water partition coefficient (Wildman–Crippen LogP) is 0.347. The Balaban J connectivity index is 1.43. The summed E-state index contributed by atoms with van der Waals surface area (Å²) in [6, 6.07) is 3.93. The van der Waals surface area contributed by atoms with E-state index >= 15 is 0 Å². The zero-order chi connectivity index (χ0) is 33.1. The molecular weight excluding hydrogens is 606 g/mol. The molecule has 2 aromatic carbocycles. The van der Waals surface area contributed by atoms with E-state index in [0.29, 0.717) is 19.7 Å². The van der Waals surface area contributed by atoms with E-state index in [9.17, 15) is 39.9 Å². The van der Waals surface area contributed by atoms with Gasteiger partial charge in [0.15, 0.2) is 24.1 Å². The van der Waals surface area contributed by atoms with Crippen molar-refractivity contribution in [1.29, 1.82) is 0 Å². The molecule has 14 heteroatoms. The fourth-order valence-corrected chi connectivity index (χ4v) is 7.14. The lowest BCUT2D eigenvalue weighted by Crippen LogP contribution is -2.59. The molecule has 0 saturated carbocycles. The average Bonchev–Trinajstić information content (AvgIpc) is 3.05. The Labute approximate surface area is 264 Å². The molecule has 0 aromatic heterocycles. The van der Waals surface area contributed by atoms with Gasteiger partial charge in [0.25, 0.3) is 0 Å². The summed E-state index contributed by atoms with van der Waals surface area (Å²) in [5.74, 6) is -3.75. The van der Waals surface area contributed by atoms with E-state index in [0.717, 1.165) is 0 Å². The van der Waals surface area contributed by atoms with Crippen LogP contribution in [0.4, 0.5) is 0 Å². The topological polar surface area (TPSA) is 202 Å². The third-order valence-electron chi connectivity index (χ3n) is 9.53. The fourth-order valence-electron chi connectivity index (χ4n) is 7.14. The van der Waals surface area contributed by atoms with Gasteiger partial charge in [-0.3, -0.25) is 19.3 Å². The number of carbonyl (C=O) groups is 3. The summed E-state index contributed by atoms with van der Waals surface area (Å²) in [4.78, 5) is 42.4. The zero-order valence-electron chi connectivity index (χ0n) is 25.6. The van der Waals surface area contributed by atoms with Crippen molar-refractivity contribution in [3.63, 3.8) is 0 Å². The summed E-state index contributed by atoms with van der Waals surface area (Å²) in [5, 5.41) is 55.5.